The lowest BCUT2D eigenvalue weighted by atomic mass is 9.83. The molecule has 0 N–H and O–H groups in total. The number of para-hydroxylation sites is 1. The van der Waals surface area contributed by atoms with Gasteiger partial charge in [-0.2, -0.15) is 0 Å². The number of hydrogen-bond acceptors (Lipinski definition) is 4. The minimum absolute atomic E-state index is 0.0207. The number of carbonyl (C=O) groups is 2. The molecule has 1 unspecified atom stereocenters. The Morgan fingerprint density at radius 1 is 1.10 bits per heavy atom. The molecule has 0 saturated carbocycles. The van der Waals surface area contributed by atoms with Crippen LogP contribution in [0.15, 0.2) is 65.9 Å². The van der Waals surface area contributed by atoms with Crippen molar-refractivity contribution in [2.45, 2.75) is 39.7 Å². The molecular weight excluding hydrogens is 378 g/mol. The van der Waals surface area contributed by atoms with Crippen LogP contribution in [0.1, 0.15) is 44.2 Å². The Balaban J connectivity index is 2.04. The number of methoxy groups -OCH3 is 1. The minimum Gasteiger partial charge on any atom is -0.496 e. The molecule has 0 spiro atoms. The highest BCUT2D eigenvalue weighted by atomic mass is 16.5. The third kappa shape index (κ3) is 4.73. The molecule has 1 aliphatic heterocycles. The molecule has 5 nitrogen and oxygen atoms in total. The molecule has 1 heterocycles. The van der Waals surface area contributed by atoms with Crippen molar-refractivity contribution in [2.24, 2.45) is 5.92 Å². The highest BCUT2D eigenvalue weighted by molar-refractivity contribution is 5.96. The topological polar surface area (TPSA) is 55.8 Å². The summed E-state index contributed by atoms with van der Waals surface area (Å²) in [5, 5.41) is 0. The second kappa shape index (κ2) is 9.61. The molecule has 0 saturated heterocycles. The van der Waals surface area contributed by atoms with Gasteiger partial charge in [-0.1, -0.05) is 62.4 Å². The molecule has 30 heavy (non-hydrogen) atoms. The second-order valence-electron chi connectivity index (χ2n) is 7.96. The maximum atomic E-state index is 13.1. The summed E-state index contributed by atoms with van der Waals surface area (Å²) in [4.78, 5) is 28.0. The van der Waals surface area contributed by atoms with Crippen molar-refractivity contribution in [3.63, 3.8) is 0 Å². The van der Waals surface area contributed by atoms with Crippen LogP contribution in [-0.2, 0) is 20.9 Å². The molecule has 0 aromatic heterocycles. The zero-order chi connectivity index (χ0) is 21.7. The summed E-state index contributed by atoms with van der Waals surface area (Å²) in [5.74, 6) is 0.0923. The summed E-state index contributed by atoms with van der Waals surface area (Å²) in [7, 11) is 1.60. The molecule has 0 bridgehead atoms. The summed E-state index contributed by atoms with van der Waals surface area (Å²) in [5.41, 5.74) is 3.00. The van der Waals surface area contributed by atoms with Crippen molar-refractivity contribution in [3.8, 4) is 5.75 Å². The molecule has 0 aliphatic carbocycles. The lowest BCUT2D eigenvalue weighted by Crippen LogP contribution is -2.38. The van der Waals surface area contributed by atoms with Gasteiger partial charge in [0.1, 0.15) is 5.75 Å². The lowest BCUT2D eigenvalue weighted by molar-refractivity contribution is -0.141. The number of amides is 1. The Morgan fingerprint density at radius 2 is 1.77 bits per heavy atom. The maximum Gasteiger partial charge on any atom is 0.336 e. The monoisotopic (exact) mass is 407 g/mol. The average Bonchev–Trinajstić information content (AvgIpc) is 2.75. The van der Waals surface area contributed by atoms with E-state index in [-0.39, 0.29) is 24.2 Å². The van der Waals surface area contributed by atoms with Gasteiger partial charge in [-0.05, 0) is 24.5 Å². The Labute approximate surface area is 178 Å². The van der Waals surface area contributed by atoms with Crippen molar-refractivity contribution < 1.29 is 19.1 Å². The maximum absolute atomic E-state index is 13.1. The Morgan fingerprint density at radius 3 is 2.43 bits per heavy atom. The van der Waals surface area contributed by atoms with Crippen molar-refractivity contribution >= 4 is 11.9 Å². The molecule has 0 radical (unpaired) electrons. The fourth-order valence-corrected chi connectivity index (χ4v) is 3.77. The predicted octanol–water partition coefficient (Wildman–Crippen LogP) is 4.68. The van der Waals surface area contributed by atoms with Gasteiger partial charge in [-0.3, -0.25) is 4.79 Å². The van der Waals surface area contributed by atoms with Crippen LogP contribution in [0, 0.1) is 5.92 Å². The van der Waals surface area contributed by atoms with Crippen molar-refractivity contribution in [1.29, 1.82) is 0 Å². The Bertz CT molecular complexity index is 933. The van der Waals surface area contributed by atoms with E-state index in [1.807, 2.05) is 75.4 Å². The number of nitrogens with zero attached hydrogens (tertiary/aromatic N) is 1. The first-order valence-corrected chi connectivity index (χ1v) is 10.3. The van der Waals surface area contributed by atoms with E-state index in [1.54, 1.807) is 12.0 Å². The molecule has 5 heteroatoms. The van der Waals surface area contributed by atoms with E-state index >= 15 is 0 Å². The van der Waals surface area contributed by atoms with Gasteiger partial charge in [0.25, 0.3) is 0 Å². The van der Waals surface area contributed by atoms with Gasteiger partial charge in [0.15, 0.2) is 0 Å². The van der Waals surface area contributed by atoms with Gasteiger partial charge >= 0.3 is 5.97 Å². The summed E-state index contributed by atoms with van der Waals surface area (Å²) < 4.78 is 11.1. The molecule has 2 aromatic carbocycles. The summed E-state index contributed by atoms with van der Waals surface area (Å²) in [6, 6.07) is 17.3. The van der Waals surface area contributed by atoms with Crippen LogP contribution in [0.3, 0.4) is 0 Å². The molecule has 1 aliphatic rings. The van der Waals surface area contributed by atoms with Crippen LogP contribution in [0.25, 0.3) is 0 Å². The first kappa shape index (κ1) is 21.6. The van der Waals surface area contributed by atoms with Gasteiger partial charge in [0, 0.05) is 23.6 Å². The fraction of sp³-hybridized carbons (Fsp3) is 0.360. The van der Waals surface area contributed by atoms with Gasteiger partial charge in [0.2, 0.25) is 5.91 Å². The number of allylic oxidation sites excluding steroid dienone is 1. The molecule has 2 aromatic rings. The number of carbonyl (C=O) groups excluding carboxylic acids is 2. The highest BCUT2D eigenvalue weighted by Gasteiger charge is 2.38. The standard InChI is InChI=1S/C25H29NO4/c1-17(2)16-30-25(28)24-18(3)26(15-19-10-6-5-7-11-19)23(27)14-21(24)20-12-8-9-13-22(20)29-4/h5-13,17,21H,14-16H2,1-4H3. The van der Waals surface area contributed by atoms with Crippen LogP contribution in [0.5, 0.6) is 5.75 Å². The number of ether oxygens (including phenoxy) is 2. The van der Waals surface area contributed by atoms with E-state index in [4.69, 9.17) is 9.47 Å². The van der Waals surface area contributed by atoms with Crippen LogP contribution >= 0.6 is 0 Å². The second-order valence-corrected chi connectivity index (χ2v) is 7.96. The van der Waals surface area contributed by atoms with Crippen molar-refractivity contribution in [3.05, 3.63) is 77.0 Å². The van der Waals surface area contributed by atoms with E-state index < -0.39 is 5.92 Å². The average molecular weight is 408 g/mol. The smallest absolute Gasteiger partial charge is 0.336 e. The highest BCUT2D eigenvalue weighted by Crippen LogP contribution is 2.41. The first-order chi connectivity index (χ1) is 14.4. The lowest BCUT2D eigenvalue weighted by Gasteiger charge is -2.35. The van der Waals surface area contributed by atoms with E-state index in [0.717, 1.165) is 11.1 Å². The normalized spacial score (nSPS) is 16.8. The van der Waals surface area contributed by atoms with Gasteiger partial charge in [-0.25, -0.2) is 4.79 Å². The van der Waals surface area contributed by atoms with Gasteiger partial charge in [-0.15, -0.1) is 0 Å². The quantitative estimate of drug-likeness (QED) is 0.625. The van der Waals surface area contributed by atoms with Crippen molar-refractivity contribution in [1.82, 2.24) is 4.90 Å². The number of hydrogen-bond donors (Lipinski definition) is 0. The van der Waals surface area contributed by atoms with E-state index in [2.05, 4.69) is 0 Å². The zero-order valence-electron chi connectivity index (χ0n) is 18.1. The molecule has 3 rings (SSSR count). The minimum atomic E-state index is -0.402. The Hall–Kier alpha value is -3.08. The summed E-state index contributed by atoms with van der Waals surface area (Å²) >= 11 is 0. The van der Waals surface area contributed by atoms with E-state index in [1.165, 1.54) is 0 Å². The van der Waals surface area contributed by atoms with Crippen LogP contribution in [0.4, 0.5) is 0 Å². The van der Waals surface area contributed by atoms with Gasteiger partial charge < -0.3 is 14.4 Å². The Kier molecular flexibility index (Phi) is 6.93. The number of rotatable bonds is 7. The van der Waals surface area contributed by atoms with Crippen LogP contribution in [0.2, 0.25) is 0 Å². The SMILES string of the molecule is COc1ccccc1C1CC(=O)N(Cc2ccccc2)C(C)=C1C(=O)OCC(C)C. The third-order valence-electron chi connectivity index (χ3n) is 5.29. The van der Waals surface area contributed by atoms with E-state index in [9.17, 15) is 9.59 Å². The number of esters is 1. The molecule has 1 amide bonds. The zero-order valence-corrected chi connectivity index (χ0v) is 18.1. The van der Waals surface area contributed by atoms with Crippen LogP contribution < -0.4 is 4.74 Å². The third-order valence-corrected chi connectivity index (χ3v) is 5.29. The molecular formula is C25H29NO4. The predicted molar refractivity (Wildman–Crippen MR) is 116 cm³/mol. The largest absolute Gasteiger partial charge is 0.496 e. The van der Waals surface area contributed by atoms with Crippen molar-refractivity contribution in [2.75, 3.05) is 13.7 Å². The number of benzene rings is 2. The fourth-order valence-electron chi connectivity index (χ4n) is 3.77. The molecule has 0 fully saturated rings. The molecule has 158 valence electrons. The molecule has 1 atom stereocenters. The van der Waals surface area contributed by atoms with Crippen LogP contribution in [-0.4, -0.2) is 30.5 Å². The van der Waals surface area contributed by atoms with E-state index in [0.29, 0.717) is 30.2 Å². The summed E-state index contributed by atoms with van der Waals surface area (Å²) in [6.45, 7) is 6.58. The first-order valence-electron chi connectivity index (χ1n) is 10.3. The summed E-state index contributed by atoms with van der Waals surface area (Å²) in [6.07, 6.45) is 0.191. The van der Waals surface area contributed by atoms with Gasteiger partial charge in [0.05, 0.1) is 25.8 Å².